The summed E-state index contributed by atoms with van der Waals surface area (Å²) in [5, 5.41) is 4.84. The maximum Gasteiger partial charge on any atom is 0.274 e. The minimum absolute atomic E-state index is 0.340. The van der Waals surface area contributed by atoms with Crippen molar-refractivity contribution >= 4 is 35.3 Å². The second-order valence-corrected chi connectivity index (χ2v) is 4.60. The predicted molar refractivity (Wildman–Crippen MR) is 75.0 cm³/mol. The zero-order valence-electron chi connectivity index (χ0n) is 9.98. The third kappa shape index (κ3) is 3.36. The van der Waals surface area contributed by atoms with Gasteiger partial charge in [-0.15, -0.1) is 0 Å². The van der Waals surface area contributed by atoms with Crippen molar-refractivity contribution in [3.05, 3.63) is 57.5 Å². The van der Waals surface area contributed by atoms with Gasteiger partial charge in [-0.2, -0.15) is 5.10 Å². The molecule has 4 nitrogen and oxygen atoms in total. The van der Waals surface area contributed by atoms with E-state index in [1.54, 1.807) is 31.2 Å². The molecule has 0 saturated heterocycles. The van der Waals surface area contributed by atoms with Crippen LogP contribution in [0.4, 0.5) is 0 Å². The van der Waals surface area contributed by atoms with E-state index in [1.807, 2.05) is 0 Å². The highest BCUT2D eigenvalue weighted by Gasteiger charge is 2.09. The molecule has 0 aliphatic carbocycles. The molecule has 0 atom stereocenters. The first kappa shape index (κ1) is 13.6. The molecule has 0 unspecified atom stereocenters. The van der Waals surface area contributed by atoms with Gasteiger partial charge in [-0.05, 0) is 25.1 Å². The number of nitrogens with zero attached hydrogens (tertiary/aromatic N) is 1. The van der Waals surface area contributed by atoms with Crippen molar-refractivity contribution in [3.8, 4) is 0 Å². The van der Waals surface area contributed by atoms with Gasteiger partial charge in [-0.1, -0.05) is 29.3 Å². The van der Waals surface area contributed by atoms with Crippen LogP contribution in [0.2, 0.25) is 10.0 Å². The largest absolute Gasteiger partial charge is 0.469 e. The molecule has 1 heterocycles. The lowest BCUT2D eigenvalue weighted by Gasteiger charge is -1.99. The van der Waals surface area contributed by atoms with Crippen LogP contribution in [0.15, 0.2) is 40.0 Å². The fraction of sp³-hybridized carbons (Fsp3) is 0.0769. The van der Waals surface area contributed by atoms with Crippen molar-refractivity contribution in [2.75, 3.05) is 0 Å². The lowest BCUT2D eigenvalue weighted by Crippen LogP contribution is -2.17. The van der Waals surface area contributed by atoms with E-state index in [1.165, 1.54) is 12.5 Å². The molecular formula is C13H10Cl2N2O2. The highest BCUT2D eigenvalue weighted by Crippen LogP contribution is 2.19. The Morgan fingerprint density at radius 3 is 2.79 bits per heavy atom. The van der Waals surface area contributed by atoms with Crippen LogP contribution in [-0.4, -0.2) is 12.1 Å². The molecular weight excluding hydrogens is 287 g/mol. The summed E-state index contributed by atoms with van der Waals surface area (Å²) in [4.78, 5) is 11.7. The second kappa shape index (κ2) is 5.91. The molecule has 0 spiro atoms. The Morgan fingerprint density at radius 1 is 1.37 bits per heavy atom. The molecule has 2 rings (SSSR count). The summed E-state index contributed by atoms with van der Waals surface area (Å²) in [6.45, 7) is 1.70. The average Bonchev–Trinajstić information content (AvgIpc) is 2.78. The van der Waals surface area contributed by atoms with Crippen molar-refractivity contribution in [2.24, 2.45) is 5.10 Å². The van der Waals surface area contributed by atoms with Crippen LogP contribution in [0.3, 0.4) is 0 Å². The van der Waals surface area contributed by atoms with Crippen LogP contribution < -0.4 is 5.43 Å². The summed E-state index contributed by atoms with van der Waals surface area (Å²) in [5.41, 5.74) is 3.50. The number of hydrogen-bond acceptors (Lipinski definition) is 3. The van der Waals surface area contributed by atoms with Crippen molar-refractivity contribution in [3.63, 3.8) is 0 Å². The molecule has 19 heavy (non-hydrogen) atoms. The van der Waals surface area contributed by atoms with Gasteiger partial charge in [0, 0.05) is 10.6 Å². The van der Waals surface area contributed by atoms with Gasteiger partial charge in [0.15, 0.2) is 0 Å². The summed E-state index contributed by atoms with van der Waals surface area (Å²) < 4.78 is 5.03. The lowest BCUT2D eigenvalue weighted by molar-refractivity contribution is 0.0953. The van der Waals surface area contributed by atoms with Crippen LogP contribution in [0.25, 0.3) is 0 Å². The molecule has 1 amide bonds. The minimum atomic E-state index is -0.340. The van der Waals surface area contributed by atoms with E-state index in [4.69, 9.17) is 27.6 Å². The Balaban J connectivity index is 2.04. The molecule has 1 aromatic carbocycles. The molecule has 0 aliphatic heterocycles. The van der Waals surface area contributed by atoms with E-state index in [0.717, 1.165) is 0 Å². The molecule has 0 saturated carbocycles. The average molecular weight is 297 g/mol. The number of benzene rings is 1. The Morgan fingerprint density at radius 2 is 2.16 bits per heavy atom. The van der Waals surface area contributed by atoms with Crippen LogP contribution >= 0.6 is 23.2 Å². The number of carbonyl (C=O) groups is 1. The summed E-state index contributed by atoms with van der Waals surface area (Å²) in [6.07, 6.45) is 2.90. The van der Waals surface area contributed by atoms with Crippen LogP contribution in [0, 0.1) is 6.92 Å². The van der Waals surface area contributed by atoms with Gasteiger partial charge in [0.2, 0.25) is 0 Å². The molecule has 2 aromatic rings. The summed E-state index contributed by atoms with van der Waals surface area (Å²) in [5.74, 6) is 0.199. The highest BCUT2D eigenvalue weighted by molar-refractivity contribution is 6.36. The number of rotatable bonds is 3. The Hall–Kier alpha value is -1.78. The van der Waals surface area contributed by atoms with Gasteiger partial charge in [0.25, 0.3) is 5.91 Å². The van der Waals surface area contributed by atoms with E-state index in [2.05, 4.69) is 10.5 Å². The van der Waals surface area contributed by atoms with Crippen molar-refractivity contribution in [1.29, 1.82) is 0 Å². The number of hydrazone groups is 1. The predicted octanol–water partition coefficient (Wildman–Crippen LogP) is 3.66. The molecule has 1 N–H and O–H groups in total. The van der Waals surface area contributed by atoms with Gasteiger partial charge < -0.3 is 4.42 Å². The number of carbonyl (C=O) groups excluding carboxylic acids is 1. The SMILES string of the molecule is Cc1occc1C(=O)NN=Cc1ccc(Cl)cc1Cl. The van der Waals surface area contributed by atoms with Gasteiger partial charge in [-0.25, -0.2) is 5.43 Å². The molecule has 6 heteroatoms. The molecule has 0 radical (unpaired) electrons. The zero-order chi connectivity index (χ0) is 13.8. The summed E-state index contributed by atoms with van der Waals surface area (Å²) >= 11 is 11.7. The van der Waals surface area contributed by atoms with Crippen LogP contribution in [0.1, 0.15) is 21.7 Å². The van der Waals surface area contributed by atoms with E-state index in [9.17, 15) is 4.79 Å². The third-order valence-corrected chi connectivity index (χ3v) is 3.00. The van der Waals surface area contributed by atoms with Crippen LogP contribution in [-0.2, 0) is 0 Å². The molecule has 0 fully saturated rings. The van der Waals surface area contributed by atoms with E-state index < -0.39 is 0 Å². The van der Waals surface area contributed by atoms with Crippen molar-refractivity contribution in [2.45, 2.75) is 6.92 Å². The molecule has 0 aliphatic rings. The van der Waals surface area contributed by atoms with E-state index in [0.29, 0.717) is 26.9 Å². The first-order chi connectivity index (χ1) is 9.08. The Bertz CT molecular complexity index is 635. The summed E-state index contributed by atoms with van der Waals surface area (Å²) in [6, 6.07) is 6.59. The van der Waals surface area contributed by atoms with Gasteiger partial charge in [-0.3, -0.25) is 4.79 Å². The Labute approximate surface area is 120 Å². The van der Waals surface area contributed by atoms with E-state index >= 15 is 0 Å². The maximum absolute atomic E-state index is 11.7. The first-order valence-corrected chi connectivity index (χ1v) is 6.16. The van der Waals surface area contributed by atoms with Gasteiger partial charge in [0.1, 0.15) is 5.76 Å². The molecule has 1 aromatic heterocycles. The Kier molecular flexibility index (Phi) is 4.24. The topological polar surface area (TPSA) is 54.6 Å². The first-order valence-electron chi connectivity index (χ1n) is 5.40. The third-order valence-electron chi connectivity index (χ3n) is 2.44. The van der Waals surface area contributed by atoms with Crippen LogP contribution in [0.5, 0.6) is 0 Å². The van der Waals surface area contributed by atoms with Gasteiger partial charge in [0.05, 0.1) is 23.1 Å². The van der Waals surface area contributed by atoms with Crippen molar-refractivity contribution in [1.82, 2.24) is 5.43 Å². The fourth-order valence-corrected chi connectivity index (χ4v) is 1.90. The highest BCUT2D eigenvalue weighted by atomic mass is 35.5. The normalized spacial score (nSPS) is 10.9. The second-order valence-electron chi connectivity index (χ2n) is 3.76. The van der Waals surface area contributed by atoms with Gasteiger partial charge >= 0.3 is 0 Å². The lowest BCUT2D eigenvalue weighted by atomic mass is 10.2. The zero-order valence-corrected chi connectivity index (χ0v) is 11.5. The number of furan rings is 1. The smallest absolute Gasteiger partial charge is 0.274 e. The minimum Gasteiger partial charge on any atom is -0.469 e. The summed E-state index contributed by atoms with van der Waals surface area (Å²) in [7, 11) is 0. The molecule has 0 bridgehead atoms. The number of hydrogen-bond donors (Lipinski definition) is 1. The maximum atomic E-state index is 11.7. The number of nitrogens with one attached hydrogen (secondary N) is 1. The number of amides is 1. The van der Waals surface area contributed by atoms with Crippen molar-refractivity contribution < 1.29 is 9.21 Å². The number of aryl methyl sites for hydroxylation is 1. The fourth-order valence-electron chi connectivity index (χ4n) is 1.45. The molecule has 98 valence electrons. The number of halogens is 2. The quantitative estimate of drug-likeness (QED) is 0.694. The monoisotopic (exact) mass is 296 g/mol. The standard InChI is InChI=1S/C13H10Cl2N2O2/c1-8-11(4-5-19-8)13(18)17-16-7-9-2-3-10(14)6-12(9)15/h2-7H,1H3,(H,17,18). The van der Waals surface area contributed by atoms with E-state index in [-0.39, 0.29) is 5.91 Å².